The molecule has 1 aliphatic rings. The zero-order chi connectivity index (χ0) is 19.3. The van der Waals surface area contributed by atoms with Crippen LogP contribution in [0.1, 0.15) is 21.5 Å². The number of hydrogen-bond donors (Lipinski definition) is 0. The fraction of sp³-hybridized carbons (Fsp3) is 0.273. The Bertz CT molecular complexity index is 915. The van der Waals surface area contributed by atoms with Crippen molar-refractivity contribution in [1.82, 2.24) is 19.6 Å². The van der Waals surface area contributed by atoms with Gasteiger partial charge in [0.1, 0.15) is 0 Å². The second kappa shape index (κ2) is 8.59. The number of nitrogens with zero attached hydrogens (tertiary/aromatic N) is 4. The van der Waals surface area contributed by atoms with Crippen LogP contribution in [0.4, 0.5) is 0 Å². The van der Waals surface area contributed by atoms with Crippen molar-refractivity contribution in [2.45, 2.75) is 13.1 Å². The van der Waals surface area contributed by atoms with E-state index in [9.17, 15) is 4.79 Å². The Labute approximate surface area is 170 Å². The van der Waals surface area contributed by atoms with E-state index in [1.165, 1.54) is 11.1 Å². The molecule has 1 aliphatic heterocycles. The summed E-state index contributed by atoms with van der Waals surface area (Å²) < 4.78 is 1.82. The number of halogens is 1. The standard InChI is InChI=1S/C22H23ClN4O/c23-21-8-6-19(7-9-21)15-25-10-12-26(13-11-25)22(28)20-14-24-27(17-20)16-18-4-2-1-3-5-18/h1-9,14,17H,10-13,15-16H2. The van der Waals surface area contributed by atoms with Crippen LogP contribution in [-0.2, 0) is 13.1 Å². The molecule has 1 fully saturated rings. The molecular formula is C22H23ClN4O. The summed E-state index contributed by atoms with van der Waals surface area (Å²) in [5, 5.41) is 5.11. The molecule has 0 spiro atoms. The number of carbonyl (C=O) groups excluding carboxylic acids is 1. The van der Waals surface area contributed by atoms with E-state index in [-0.39, 0.29) is 5.91 Å². The molecule has 28 heavy (non-hydrogen) atoms. The van der Waals surface area contributed by atoms with Crippen molar-refractivity contribution >= 4 is 17.5 Å². The highest BCUT2D eigenvalue weighted by Gasteiger charge is 2.23. The fourth-order valence-corrected chi connectivity index (χ4v) is 3.60. The van der Waals surface area contributed by atoms with Gasteiger partial charge in [-0.2, -0.15) is 5.10 Å². The van der Waals surface area contributed by atoms with Crippen LogP contribution in [0.2, 0.25) is 5.02 Å². The van der Waals surface area contributed by atoms with Gasteiger partial charge < -0.3 is 4.90 Å². The molecule has 0 saturated carbocycles. The molecule has 2 aromatic carbocycles. The van der Waals surface area contributed by atoms with Crippen LogP contribution in [0.3, 0.4) is 0 Å². The highest BCUT2D eigenvalue weighted by Crippen LogP contribution is 2.14. The number of amides is 1. The van der Waals surface area contributed by atoms with E-state index < -0.39 is 0 Å². The van der Waals surface area contributed by atoms with Gasteiger partial charge in [-0.25, -0.2) is 0 Å². The van der Waals surface area contributed by atoms with Gasteiger partial charge >= 0.3 is 0 Å². The van der Waals surface area contributed by atoms with Gasteiger partial charge in [0.15, 0.2) is 0 Å². The molecule has 0 unspecified atom stereocenters. The number of carbonyl (C=O) groups is 1. The zero-order valence-corrected chi connectivity index (χ0v) is 16.4. The molecule has 6 heteroatoms. The quantitative estimate of drug-likeness (QED) is 0.664. The van der Waals surface area contributed by atoms with Gasteiger partial charge in [-0.15, -0.1) is 0 Å². The second-order valence-corrected chi connectivity index (χ2v) is 7.54. The normalized spacial score (nSPS) is 15.0. The van der Waals surface area contributed by atoms with E-state index in [2.05, 4.69) is 34.3 Å². The van der Waals surface area contributed by atoms with E-state index in [1.807, 2.05) is 46.1 Å². The average Bonchev–Trinajstić information content (AvgIpc) is 3.19. The Hall–Kier alpha value is -2.63. The lowest BCUT2D eigenvalue weighted by Crippen LogP contribution is -2.48. The third-order valence-electron chi connectivity index (χ3n) is 5.05. The summed E-state index contributed by atoms with van der Waals surface area (Å²) in [5.41, 5.74) is 3.06. The Balaban J connectivity index is 1.31. The second-order valence-electron chi connectivity index (χ2n) is 7.11. The Kier molecular flexibility index (Phi) is 5.74. The largest absolute Gasteiger partial charge is 0.336 e. The van der Waals surface area contributed by atoms with Crippen LogP contribution in [-0.4, -0.2) is 51.7 Å². The summed E-state index contributed by atoms with van der Waals surface area (Å²) in [6.45, 7) is 4.75. The highest BCUT2D eigenvalue weighted by atomic mass is 35.5. The number of hydrogen-bond acceptors (Lipinski definition) is 3. The minimum absolute atomic E-state index is 0.0606. The Morgan fingerprint density at radius 1 is 0.893 bits per heavy atom. The summed E-state index contributed by atoms with van der Waals surface area (Å²) in [6, 6.07) is 18.1. The van der Waals surface area contributed by atoms with Crippen molar-refractivity contribution in [3.05, 3.63) is 88.7 Å². The minimum atomic E-state index is 0.0606. The van der Waals surface area contributed by atoms with Crippen molar-refractivity contribution in [1.29, 1.82) is 0 Å². The predicted molar refractivity (Wildman–Crippen MR) is 110 cm³/mol. The maximum Gasteiger partial charge on any atom is 0.257 e. The number of rotatable bonds is 5. The van der Waals surface area contributed by atoms with Gasteiger partial charge in [0.05, 0.1) is 18.3 Å². The number of piperazine rings is 1. The molecule has 4 rings (SSSR count). The number of aromatic nitrogens is 2. The van der Waals surface area contributed by atoms with Gasteiger partial charge in [-0.05, 0) is 23.3 Å². The molecule has 1 aromatic heterocycles. The van der Waals surface area contributed by atoms with E-state index in [4.69, 9.17) is 11.6 Å². The van der Waals surface area contributed by atoms with E-state index in [1.54, 1.807) is 6.20 Å². The number of benzene rings is 2. The lowest BCUT2D eigenvalue weighted by molar-refractivity contribution is 0.0628. The molecule has 3 aromatic rings. The van der Waals surface area contributed by atoms with Gasteiger partial charge in [-0.3, -0.25) is 14.4 Å². The van der Waals surface area contributed by atoms with Crippen LogP contribution in [0, 0.1) is 0 Å². The minimum Gasteiger partial charge on any atom is -0.336 e. The van der Waals surface area contributed by atoms with Crippen LogP contribution >= 0.6 is 11.6 Å². The molecule has 0 radical (unpaired) electrons. The molecular weight excluding hydrogens is 372 g/mol. The van der Waals surface area contributed by atoms with Gasteiger partial charge in [0.25, 0.3) is 5.91 Å². The average molecular weight is 395 g/mol. The molecule has 0 N–H and O–H groups in total. The predicted octanol–water partition coefficient (Wildman–Crippen LogP) is 3.54. The maximum atomic E-state index is 12.8. The fourth-order valence-electron chi connectivity index (χ4n) is 3.47. The highest BCUT2D eigenvalue weighted by molar-refractivity contribution is 6.30. The van der Waals surface area contributed by atoms with Crippen molar-refractivity contribution < 1.29 is 4.79 Å². The van der Waals surface area contributed by atoms with E-state index in [0.717, 1.165) is 37.7 Å². The first-order chi connectivity index (χ1) is 13.7. The maximum absolute atomic E-state index is 12.8. The first-order valence-corrected chi connectivity index (χ1v) is 9.87. The summed E-state index contributed by atoms with van der Waals surface area (Å²) in [4.78, 5) is 17.1. The first-order valence-electron chi connectivity index (χ1n) is 9.50. The zero-order valence-electron chi connectivity index (χ0n) is 15.7. The smallest absolute Gasteiger partial charge is 0.257 e. The first kappa shape index (κ1) is 18.7. The summed E-state index contributed by atoms with van der Waals surface area (Å²) in [5.74, 6) is 0.0606. The third kappa shape index (κ3) is 4.61. The van der Waals surface area contributed by atoms with Crippen LogP contribution in [0.15, 0.2) is 67.0 Å². The molecule has 0 atom stereocenters. The van der Waals surface area contributed by atoms with Crippen molar-refractivity contribution in [3.8, 4) is 0 Å². The van der Waals surface area contributed by atoms with E-state index in [0.29, 0.717) is 12.1 Å². The summed E-state index contributed by atoms with van der Waals surface area (Å²) in [6.07, 6.45) is 3.51. The van der Waals surface area contributed by atoms with Crippen LogP contribution in [0.25, 0.3) is 0 Å². The molecule has 0 aliphatic carbocycles. The molecule has 0 bridgehead atoms. The lowest BCUT2D eigenvalue weighted by Gasteiger charge is -2.34. The topological polar surface area (TPSA) is 41.4 Å². The Morgan fingerprint density at radius 3 is 2.29 bits per heavy atom. The summed E-state index contributed by atoms with van der Waals surface area (Å²) >= 11 is 5.95. The SMILES string of the molecule is O=C(c1cnn(Cc2ccccc2)c1)N1CCN(Cc2ccc(Cl)cc2)CC1. The van der Waals surface area contributed by atoms with Gasteiger partial charge in [0.2, 0.25) is 0 Å². The molecule has 2 heterocycles. The molecule has 1 amide bonds. The van der Waals surface area contributed by atoms with Crippen molar-refractivity contribution in [2.75, 3.05) is 26.2 Å². The van der Waals surface area contributed by atoms with Crippen LogP contribution in [0.5, 0.6) is 0 Å². The van der Waals surface area contributed by atoms with Crippen LogP contribution < -0.4 is 0 Å². The Morgan fingerprint density at radius 2 is 1.57 bits per heavy atom. The molecule has 1 saturated heterocycles. The monoisotopic (exact) mass is 394 g/mol. The molecule has 5 nitrogen and oxygen atoms in total. The van der Waals surface area contributed by atoms with E-state index >= 15 is 0 Å². The molecule has 144 valence electrons. The van der Waals surface area contributed by atoms with Crippen molar-refractivity contribution in [2.24, 2.45) is 0 Å². The lowest BCUT2D eigenvalue weighted by atomic mass is 10.2. The van der Waals surface area contributed by atoms with Gasteiger partial charge in [-0.1, -0.05) is 54.1 Å². The van der Waals surface area contributed by atoms with Crippen molar-refractivity contribution in [3.63, 3.8) is 0 Å². The third-order valence-corrected chi connectivity index (χ3v) is 5.30. The summed E-state index contributed by atoms with van der Waals surface area (Å²) in [7, 11) is 0. The van der Waals surface area contributed by atoms with Gasteiger partial charge in [0, 0.05) is 43.9 Å².